The van der Waals surface area contributed by atoms with Gasteiger partial charge >= 0.3 is 41.7 Å². The van der Waals surface area contributed by atoms with E-state index < -0.39 is 51.3 Å². The molecule has 0 radical (unpaired) electrons. The molecule has 12 heteroatoms. The number of fused-ring (bicyclic) bond motifs is 1. The number of carboxylic acids is 1. The fourth-order valence-electron chi connectivity index (χ4n) is 3.43. The number of benzene rings is 3. The second-order valence-electron chi connectivity index (χ2n) is 6.90. The molecule has 4 rings (SSSR count). The summed E-state index contributed by atoms with van der Waals surface area (Å²) in [4.78, 5) is 24.3. The van der Waals surface area contributed by atoms with Crippen molar-refractivity contribution in [3.05, 3.63) is 82.1 Å². The Hall–Kier alpha value is -2.92. The van der Waals surface area contributed by atoms with E-state index in [2.05, 4.69) is 5.10 Å². The molecule has 0 bridgehead atoms. The van der Waals surface area contributed by atoms with E-state index in [0.717, 1.165) is 30.3 Å². The molecule has 1 heterocycles. The number of rotatable bonds is 3. The third-order valence-corrected chi connectivity index (χ3v) is 5.20. The summed E-state index contributed by atoms with van der Waals surface area (Å²) in [5.41, 5.74) is -2.88. The molecule has 4 aromatic rings. The van der Waals surface area contributed by atoms with Gasteiger partial charge in [-0.05, 0) is 36.4 Å². The zero-order chi connectivity index (χ0) is 24.1. The van der Waals surface area contributed by atoms with E-state index in [1.807, 2.05) is 0 Å². The fourth-order valence-corrected chi connectivity index (χ4v) is 3.68. The first-order valence-corrected chi connectivity index (χ1v) is 9.53. The van der Waals surface area contributed by atoms with Crippen LogP contribution in [-0.2, 0) is 6.18 Å². The quantitative estimate of drug-likeness (QED) is 0.305. The molecule has 0 aliphatic heterocycles. The molecular formula is C22H12ClF4N2NaO4. The molecule has 170 valence electrons. The minimum atomic E-state index is -4.90. The number of hydrogen-bond donors (Lipinski definition) is 2. The van der Waals surface area contributed by atoms with Crippen molar-refractivity contribution in [1.29, 1.82) is 0 Å². The number of carbonyl (C=O) groups excluding carboxylic acids is 1. The van der Waals surface area contributed by atoms with E-state index in [1.54, 1.807) is 0 Å². The summed E-state index contributed by atoms with van der Waals surface area (Å²) in [6.07, 6.45) is -4.90. The number of phenols is 1. The SMILES string of the molecule is O=C(O)c1ccc(-c2nn(C(=O)c3c(Cl)cccc3C(F)(F)F)c3cccc(F)c23)cc1O.[NaH]. The van der Waals surface area contributed by atoms with Crippen molar-refractivity contribution in [3.8, 4) is 17.0 Å². The summed E-state index contributed by atoms with van der Waals surface area (Å²) in [6.45, 7) is 0. The molecule has 0 fully saturated rings. The van der Waals surface area contributed by atoms with Crippen molar-refractivity contribution in [2.75, 3.05) is 0 Å². The van der Waals surface area contributed by atoms with E-state index in [0.29, 0.717) is 10.7 Å². The second kappa shape index (κ2) is 9.38. The topological polar surface area (TPSA) is 92.4 Å². The van der Waals surface area contributed by atoms with Gasteiger partial charge in [-0.15, -0.1) is 0 Å². The van der Waals surface area contributed by atoms with Crippen LogP contribution in [0.1, 0.15) is 26.3 Å². The molecule has 0 saturated carbocycles. The molecule has 1 aromatic heterocycles. The number of alkyl halides is 3. The number of carboxylic acid groups (broad SMARTS) is 1. The molecule has 0 saturated heterocycles. The third-order valence-electron chi connectivity index (χ3n) is 4.88. The predicted octanol–water partition coefficient (Wildman–Crippen LogP) is 4.96. The molecule has 2 N–H and O–H groups in total. The summed E-state index contributed by atoms with van der Waals surface area (Å²) < 4.78 is 55.9. The maximum absolute atomic E-state index is 14.7. The van der Waals surface area contributed by atoms with Crippen molar-refractivity contribution in [2.45, 2.75) is 6.18 Å². The Morgan fingerprint density at radius 2 is 1.71 bits per heavy atom. The first-order chi connectivity index (χ1) is 15.5. The van der Waals surface area contributed by atoms with Crippen LogP contribution in [0.15, 0.2) is 54.6 Å². The average molecular weight is 503 g/mol. The monoisotopic (exact) mass is 502 g/mol. The van der Waals surface area contributed by atoms with Gasteiger partial charge in [-0.25, -0.2) is 9.18 Å². The van der Waals surface area contributed by atoms with Crippen molar-refractivity contribution in [3.63, 3.8) is 0 Å². The van der Waals surface area contributed by atoms with Crippen LogP contribution in [0.2, 0.25) is 5.02 Å². The van der Waals surface area contributed by atoms with Gasteiger partial charge in [0.15, 0.2) is 0 Å². The number of aromatic carboxylic acids is 1. The Kier molecular flexibility index (Phi) is 7.09. The molecular weight excluding hydrogens is 491 g/mol. The molecule has 0 atom stereocenters. The van der Waals surface area contributed by atoms with Crippen molar-refractivity contribution in [2.24, 2.45) is 0 Å². The van der Waals surface area contributed by atoms with E-state index in [9.17, 15) is 32.3 Å². The van der Waals surface area contributed by atoms with Gasteiger partial charge in [0.25, 0.3) is 5.91 Å². The third kappa shape index (κ3) is 4.41. The van der Waals surface area contributed by atoms with Crippen molar-refractivity contribution >= 4 is 63.9 Å². The molecule has 6 nitrogen and oxygen atoms in total. The van der Waals surface area contributed by atoms with Crippen LogP contribution in [-0.4, -0.2) is 61.4 Å². The zero-order valence-corrected chi connectivity index (χ0v) is 16.9. The van der Waals surface area contributed by atoms with Crippen LogP contribution < -0.4 is 0 Å². The molecule has 0 unspecified atom stereocenters. The molecule has 34 heavy (non-hydrogen) atoms. The first-order valence-electron chi connectivity index (χ1n) is 9.15. The van der Waals surface area contributed by atoms with Gasteiger partial charge in [0, 0.05) is 5.56 Å². The molecule has 0 spiro atoms. The van der Waals surface area contributed by atoms with Gasteiger partial charge in [-0.1, -0.05) is 29.8 Å². The number of hydrogen-bond acceptors (Lipinski definition) is 4. The predicted molar refractivity (Wildman–Crippen MR) is 117 cm³/mol. The maximum atomic E-state index is 14.7. The molecule has 0 aliphatic rings. The van der Waals surface area contributed by atoms with E-state index in [-0.39, 0.29) is 51.7 Å². The Bertz CT molecular complexity index is 1450. The van der Waals surface area contributed by atoms with Gasteiger partial charge in [0.2, 0.25) is 0 Å². The van der Waals surface area contributed by atoms with Crippen LogP contribution in [0.5, 0.6) is 5.75 Å². The van der Waals surface area contributed by atoms with Gasteiger partial charge in [-0.2, -0.15) is 23.0 Å². The fraction of sp³-hybridized carbons (Fsp3) is 0.0455. The van der Waals surface area contributed by atoms with Gasteiger partial charge in [0.05, 0.1) is 27.1 Å². The van der Waals surface area contributed by atoms with Crippen LogP contribution >= 0.6 is 11.6 Å². The van der Waals surface area contributed by atoms with Crippen LogP contribution in [0.25, 0.3) is 22.2 Å². The van der Waals surface area contributed by atoms with Crippen LogP contribution in [0, 0.1) is 5.82 Å². The zero-order valence-electron chi connectivity index (χ0n) is 16.2. The van der Waals surface area contributed by atoms with E-state index in [1.165, 1.54) is 18.2 Å². The number of carbonyl (C=O) groups is 2. The number of aromatic nitrogens is 2. The summed E-state index contributed by atoms with van der Waals surface area (Å²) in [7, 11) is 0. The van der Waals surface area contributed by atoms with Crippen molar-refractivity contribution < 1.29 is 37.4 Å². The van der Waals surface area contributed by atoms with Crippen LogP contribution in [0.4, 0.5) is 17.6 Å². The van der Waals surface area contributed by atoms with Gasteiger partial charge < -0.3 is 10.2 Å². The second-order valence-corrected chi connectivity index (χ2v) is 7.30. The van der Waals surface area contributed by atoms with Crippen LogP contribution in [0.3, 0.4) is 0 Å². The average Bonchev–Trinajstić information content (AvgIpc) is 3.13. The molecule has 0 aliphatic carbocycles. The van der Waals surface area contributed by atoms with Crippen molar-refractivity contribution in [1.82, 2.24) is 9.78 Å². The number of aromatic hydroxyl groups is 1. The Balaban J connectivity index is 0.00000324. The Labute approximate surface area is 215 Å². The number of halogens is 5. The molecule has 3 aromatic carbocycles. The van der Waals surface area contributed by atoms with Gasteiger partial charge in [0.1, 0.15) is 22.8 Å². The summed E-state index contributed by atoms with van der Waals surface area (Å²) >= 11 is 5.93. The number of nitrogens with zero attached hydrogens (tertiary/aromatic N) is 2. The standard InChI is InChI=1S/C22H11ClF4N2O4.Na.H/c23-13-4-1-3-12(22(25,26)27)17(13)20(31)29-15-6-2-5-14(24)18(15)19(28-29)10-7-8-11(21(32)33)16(30)9-10;;/h1-9,30H,(H,32,33);;. The summed E-state index contributed by atoms with van der Waals surface area (Å²) in [6, 6.07) is 9.71. The normalized spacial score (nSPS) is 11.3. The first kappa shape index (κ1) is 25.7. The molecule has 0 amide bonds. The van der Waals surface area contributed by atoms with Gasteiger partial charge in [-0.3, -0.25) is 4.79 Å². The Morgan fingerprint density at radius 3 is 2.32 bits per heavy atom. The van der Waals surface area contributed by atoms with E-state index in [4.69, 9.17) is 16.7 Å². The minimum absolute atomic E-state index is 0. The Morgan fingerprint density at radius 1 is 1.03 bits per heavy atom. The summed E-state index contributed by atoms with van der Waals surface area (Å²) in [5.74, 6) is -4.13. The van der Waals surface area contributed by atoms with E-state index >= 15 is 0 Å². The summed E-state index contributed by atoms with van der Waals surface area (Å²) in [5, 5.41) is 22.4.